The molecule has 18 heavy (non-hydrogen) atoms. The largest absolute Gasteiger partial charge is 0.497 e. The van der Waals surface area contributed by atoms with Gasteiger partial charge in [-0.25, -0.2) is 0 Å². The molecular weight excluding hydrogens is 246 g/mol. The van der Waals surface area contributed by atoms with Crippen LogP contribution in [0.5, 0.6) is 5.75 Å². The third kappa shape index (κ3) is 3.17. The van der Waals surface area contributed by atoms with E-state index in [4.69, 9.17) is 16.3 Å². The summed E-state index contributed by atoms with van der Waals surface area (Å²) in [5.74, 6) is 1.37. The third-order valence-electron chi connectivity index (χ3n) is 2.79. The van der Waals surface area contributed by atoms with Crippen molar-refractivity contribution in [2.45, 2.75) is 6.04 Å². The van der Waals surface area contributed by atoms with Gasteiger partial charge in [-0.2, -0.15) is 0 Å². The zero-order valence-electron chi connectivity index (χ0n) is 10.3. The summed E-state index contributed by atoms with van der Waals surface area (Å²) < 4.78 is 5.13. The Hall–Kier alpha value is -1.67. The fourth-order valence-electron chi connectivity index (χ4n) is 1.78. The monoisotopic (exact) mass is 261 g/mol. The van der Waals surface area contributed by atoms with Crippen molar-refractivity contribution in [3.63, 3.8) is 0 Å². The van der Waals surface area contributed by atoms with Crippen LogP contribution < -0.4 is 10.1 Å². The fraction of sp³-hybridized carbons (Fsp3) is 0.200. The van der Waals surface area contributed by atoms with Crippen molar-refractivity contribution in [2.24, 2.45) is 0 Å². The predicted octanol–water partition coefficient (Wildman–Crippen LogP) is 4.09. The maximum atomic E-state index is 6.02. The summed E-state index contributed by atoms with van der Waals surface area (Å²) in [4.78, 5) is 0. The number of methoxy groups -OCH3 is 1. The molecule has 0 unspecified atom stereocenters. The van der Waals surface area contributed by atoms with Gasteiger partial charge in [-0.05, 0) is 29.8 Å². The Balaban J connectivity index is 2.10. The van der Waals surface area contributed by atoms with E-state index in [2.05, 4.69) is 17.4 Å². The molecule has 2 nitrogen and oxygen atoms in total. The van der Waals surface area contributed by atoms with Crippen LogP contribution in [0.2, 0.25) is 0 Å². The van der Waals surface area contributed by atoms with E-state index in [-0.39, 0.29) is 6.04 Å². The van der Waals surface area contributed by atoms with Crippen LogP contribution in [0, 0.1) is 0 Å². The third-order valence-corrected chi connectivity index (χ3v) is 3.10. The number of halogens is 1. The van der Waals surface area contributed by atoms with Crippen LogP contribution in [0.15, 0.2) is 54.6 Å². The van der Waals surface area contributed by atoms with Crippen molar-refractivity contribution in [1.29, 1.82) is 0 Å². The van der Waals surface area contributed by atoms with Gasteiger partial charge in [0.15, 0.2) is 0 Å². The van der Waals surface area contributed by atoms with Crippen LogP contribution in [0.4, 0.5) is 5.69 Å². The van der Waals surface area contributed by atoms with Crippen LogP contribution in [0.3, 0.4) is 0 Å². The first kappa shape index (κ1) is 12.8. The molecule has 94 valence electrons. The molecule has 2 aromatic carbocycles. The Kier molecular flexibility index (Phi) is 4.48. The number of alkyl halides is 1. The molecular formula is C15H16ClNO. The quantitative estimate of drug-likeness (QED) is 0.819. The van der Waals surface area contributed by atoms with Crippen molar-refractivity contribution in [3.05, 3.63) is 60.2 Å². The van der Waals surface area contributed by atoms with Gasteiger partial charge in [0.05, 0.1) is 13.2 Å². The molecule has 0 fully saturated rings. The number of ether oxygens (including phenoxy) is 1. The first-order valence-corrected chi connectivity index (χ1v) is 6.38. The van der Waals surface area contributed by atoms with E-state index in [0.29, 0.717) is 5.88 Å². The molecule has 0 saturated carbocycles. The molecule has 0 saturated heterocycles. The molecule has 0 aliphatic rings. The number of hydrogen-bond donors (Lipinski definition) is 1. The lowest BCUT2D eigenvalue weighted by molar-refractivity contribution is 0.415. The highest BCUT2D eigenvalue weighted by Gasteiger charge is 2.09. The summed E-state index contributed by atoms with van der Waals surface area (Å²) in [5.41, 5.74) is 2.22. The zero-order chi connectivity index (χ0) is 12.8. The van der Waals surface area contributed by atoms with Gasteiger partial charge in [0.1, 0.15) is 5.75 Å². The Morgan fingerprint density at radius 3 is 2.28 bits per heavy atom. The number of benzene rings is 2. The van der Waals surface area contributed by atoms with Gasteiger partial charge in [0, 0.05) is 11.6 Å². The molecule has 0 spiro atoms. The van der Waals surface area contributed by atoms with Gasteiger partial charge in [0.25, 0.3) is 0 Å². The van der Waals surface area contributed by atoms with Crippen molar-refractivity contribution in [1.82, 2.24) is 0 Å². The van der Waals surface area contributed by atoms with Crippen LogP contribution in [0.1, 0.15) is 11.6 Å². The minimum Gasteiger partial charge on any atom is -0.497 e. The molecule has 0 aromatic heterocycles. The molecule has 1 N–H and O–H groups in total. The Bertz CT molecular complexity index is 470. The Morgan fingerprint density at radius 2 is 1.72 bits per heavy atom. The highest BCUT2D eigenvalue weighted by atomic mass is 35.5. The molecule has 3 heteroatoms. The topological polar surface area (TPSA) is 21.3 Å². The lowest BCUT2D eigenvalue weighted by Crippen LogP contribution is -2.12. The summed E-state index contributed by atoms with van der Waals surface area (Å²) in [5, 5.41) is 3.41. The first-order valence-electron chi connectivity index (χ1n) is 5.85. The second-order valence-electron chi connectivity index (χ2n) is 3.99. The standard InChI is InChI=1S/C15H16ClNO/c1-18-14-9-7-13(8-10-14)17-15(11-16)12-5-3-2-4-6-12/h2-10,15,17H,11H2,1H3/t15-/m0/s1. The Morgan fingerprint density at radius 1 is 1.06 bits per heavy atom. The second kappa shape index (κ2) is 6.31. The highest BCUT2D eigenvalue weighted by Crippen LogP contribution is 2.22. The molecule has 0 aliphatic heterocycles. The van der Waals surface area contributed by atoms with E-state index in [1.165, 1.54) is 5.56 Å². The second-order valence-corrected chi connectivity index (χ2v) is 4.30. The minimum absolute atomic E-state index is 0.112. The van der Waals surface area contributed by atoms with Crippen molar-refractivity contribution in [3.8, 4) is 5.75 Å². The van der Waals surface area contributed by atoms with Gasteiger partial charge in [-0.1, -0.05) is 30.3 Å². The Labute approximate surface area is 113 Å². The first-order chi connectivity index (χ1) is 8.83. The smallest absolute Gasteiger partial charge is 0.119 e. The van der Waals surface area contributed by atoms with Crippen LogP contribution in [0.25, 0.3) is 0 Å². The molecule has 0 aliphatic carbocycles. The van der Waals surface area contributed by atoms with Gasteiger partial charge < -0.3 is 10.1 Å². The van der Waals surface area contributed by atoms with Gasteiger partial charge in [0.2, 0.25) is 0 Å². The normalized spacial score (nSPS) is 11.9. The van der Waals surface area contributed by atoms with Crippen LogP contribution >= 0.6 is 11.6 Å². The minimum atomic E-state index is 0.112. The molecule has 2 rings (SSSR count). The zero-order valence-corrected chi connectivity index (χ0v) is 11.0. The summed E-state index contributed by atoms with van der Waals surface area (Å²) in [7, 11) is 1.66. The summed E-state index contributed by atoms with van der Waals surface area (Å²) in [6, 6.07) is 18.1. The number of anilines is 1. The maximum absolute atomic E-state index is 6.02. The summed E-state index contributed by atoms with van der Waals surface area (Å²) in [6.45, 7) is 0. The SMILES string of the molecule is COc1ccc(N[C@@H](CCl)c2ccccc2)cc1. The molecule has 0 amide bonds. The number of rotatable bonds is 5. The fourth-order valence-corrected chi connectivity index (χ4v) is 2.04. The number of hydrogen-bond acceptors (Lipinski definition) is 2. The lowest BCUT2D eigenvalue weighted by atomic mass is 10.1. The molecule has 2 aromatic rings. The molecule has 1 atom stereocenters. The number of nitrogens with one attached hydrogen (secondary N) is 1. The summed E-state index contributed by atoms with van der Waals surface area (Å²) >= 11 is 6.02. The van der Waals surface area contributed by atoms with E-state index < -0.39 is 0 Å². The van der Waals surface area contributed by atoms with E-state index in [1.54, 1.807) is 7.11 Å². The highest BCUT2D eigenvalue weighted by molar-refractivity contribution is 6.18. The predicted molar refractivity (Wildman–Crippen MR) is 76.5 cm³/mol. The van der Waals surface area contributed by atoms with Crippen LogP contribution in [-0.4, -0.2) is 13.0 Å². The van der Waals surface area contributed by atoms with E-state index >= 15 is 0 Å². The molecule has 0 radical (unpaired) electrons. The van der Waals surface area contributed by atoms with E-state index in [0.717, 1.165) is 11.4 Å². The van der Waals surface area contributed by atoms with Crippen molar-refractivity contribution in [2.75, 3.05) is 18.3 Å². The van der Waals surface area contributed by atoms with Crippen LogP contribution in [-0.2, 0) is 0 Å². The van der Waals surface area contributed by atoms with E-state index in [1.807, 2.05) is 42.5 Å². The van der Waals surface area contributed by atoms with Gasteiger partial charge in [-0.15, -0.1) is 11.6 Å². The van der Waals surface area contributed by atoms with Gasteiger partial charge in [-0.3, -0.25) is 0 Å². The van der Waals surface area contributed by atoms with Gasteiger partial charge >= 0.3 is 0 Å². The molecule has 0 bridgehead atoms. The van der Waals surface area contributed by atoms with Crippen molar-refractivity contribution < 1.29 is 4.74 Å². The maximum Gasteiger partial charge on any atom is 0.119 e. The molecule has 0 heterocycles. The van der Waals surface area contributed by atoms with Crippen molar-refractivity contribution >= 4 is 17.3 Å². The average molecular weight is 262 g/mol. The lowest BCUT2D eigenvalue weighted by Gasteiger charge is -2.18. The average Bonchev–Trinajstić information content (AvgIpc) is 2.46. The van der Waals surface area contributed by atoms with E-state index in [9.17, 15) is 0 Å². The summed E-state index contributed by atoms with van der Waals surface area (Å²) in [6.07, 6.45) is 0.